The molecule has 106 valence electrons. The van der Waals surface area contributed by atoms with Gasteiger partial charge >= 0.3 is 0 Å². The zero-order valence-corrected chi connectivity index (χ0v) is 12.2. The van der Waals surface area contributed by atoms with E-state index in [1.54, 1.807) is 19.1 Å². The topological polar surface area (TPSA) is 29.3 Å². The highest BCUT2D eigenvalue weighted by Gasteiger charge is 2.20. The fraction of sp³-hybridized carbons (Fsp3) is 0.600. The Hall–Kier alpha value is -0.640. The first-order valence-electron chi connectivity index (χ1n) is 6.97. The van der Waals surface area contributed by atoms with Gasteiger partial charge in [0.2, 0.25) is 0 Å². The molecule has 1 aliphatic rings. The van der Waals surface area contributed by atoms with Crippen molar-refractivity contribution in [1.29, 1.82) is 0 Å². The van der Waals surface area contributed by atoms with Crippen LogP contribution in [0.5, 0.6) is 0 Å². The minimum atomic E-state index is -0.171. The maximum Gasteiger partial charge on any atom is 0.126 e. The van der Waals surface area contributed by atoms with E-state index in [0.29, 0.717) is 16.5 Å². The Kier molecular flexibility index (Phi) is 5.20. The fourth-order valence-electron chi connectivity index (χ4n) is 2.82. The van der Waals surface area contributed by atoms with E-state index in [0.717, 1.165) is 38.2 Å². The highest BCUT2D eigenvalue weighted by molar-refractivity contribution is 6.31. The second-order valence-corrected chi connectivity index (χ2v) is 5.92. The normalized spacial score (nSPS) is 20.7. The molecule has 2 nitrogen and oxygen atoms in total. The highest BCUT2D eigenvalue weighted by Crippen LogP contribution is 2.25. The smallest absolute Gasteiger partial charge is 0.126 e. The summed E-state index contributed by atoms with van der Waals surface area (Å²) in [6, 6.07) is 3.29. The minimum absolute atomic E-state index is 0.171. The largest absolute Gasteiger partial charge is 0.330 e. The van der Waals surface area contributed by atoms with Crippen LogP contribution in [0.3, 0.4) is 0 Å². The average molecular weight is 285 g/mol. The first-order chi connectivity index (χ1) is 9.10. The summed E-state index contributed by atoms with van der Waals surface area (Å²) in [6.07, 6.45) is 3.52. The molecule has 1 fully saturated rings. The van der Waals surface area contributed by atoms with Gasteiger partial charge in [0.25, 0.3) is 0 Å². The third-order valence-corrected chi connectivity index (χ3v) is 4.25. The van der Waals surface area contributed by atoms with E-state index < -0.39 is 0 Å². The summed E-state index contributed by atoms with van der Waals surface area (Å²) >= 11 is 6.20. The molecular weight excluding hydrogens is 263 g/mol. The molecular formula is C15H22ClFN2. The predicted molar refractivity (Wildman–Crippen MR) is 77.8 cm³/mol. The lowest BCUT2D eigenvalue weighted by molar-refractivity contribution is 0.163. The number of piperidine rings is 1. The van der Waals surface area contributed by atoms with E-state index in [4.69, 9.17) is 17.3 Å². The molecule has 0 aliphatic carbocycles. The molecule has 0 saturated carbocycles. The number of nitrogens with two attached hydrogens (primary N) is 1. The van der Waals surface area contributed by atoms with Crippen molar-refractivity contribution in [3.8, 4) is 0 Å². The molecule has 2 N–H and O–H groups in total. The van der Waals surface area contributed by atoms with Crippen LogP contribution in [0.25, 0.3) is 0 Å². The lowest BCUT2D eigenvalue weighted by Crippen LogP contribution is -2.35. The lowest BCUT2D eigenvalue weighted by Gasteiger charge is -2.32. The number of hydrogen-bond acceptors (Lipinski definition) is 2. The summed E-state index contributed by atoms with van der Waals surface area (Å²) in [7, 11) is 0. The third kappa shape index (κ3) is 3.91. The summed E-state index contributed by atoms with van der Waals surface area (Å²) in [5.74, 6) is 0.503. The number of nitrogens with zero attached hydrogens (tertiary/aromatic N) is 1. The molecule has 1 unspecified atom stereocenters. The predicted octanol–water partition coefficient (Wildman–Crippen LogP) is 3.35. The van der Waals surface area contributed by atoms with Gasteiger partial charge in [-0.05, 0) is 68.5 Å². The summed E-state index contributed by atoms with van der Waals surface area (Å²) in [6.45, 7) is 5.33. The number of aryl methyl sites for hydroxylation is 1. The standard InChI is InChI=1S/C15H22ClFN2/c1-11-7-14(16)13(8-15(11)17)10-19-6-2-3-12(9-19)4-5-18/h7-8,12H,2-6,9-10,18H2,1H3. The van der Waals surface area contributed by atoms with E-state index in [1.807, 2.05) is 0 Å². The number of halogens is 2. The van der Waals surface area contributed by atoms with E-state index in [9.17, 15) is 4.39 Å². The van der Waals surface area contributed by atoms with Crippen molar-refractivity contribution in [3.05, 3.63) is 34.1 Å². The summed E-state index contributed by atoms with van der Waals surface area (Å²) in [5.41, 5.74) is 7.12. The summed E-state index contributed by atoms with van der Waals surface area (Å²) < 4.78 is 13.6. The Labute approximate surface area is 119 Å². The van der Waals surface area contributed by atoms with Gasteiger partial charge in [-0.3, -0.25) is 4.90 Å². The first-order valence-corrected chi connectivity index (χ1v) is 7.35. The van der Waals surface area contributed by atoms with Crippen LogP contribution in [0.1, 0.15) is 30.4 Å². The Balaban J connectivity index is 2.02. The molecule has 1 aromatic carbocycles. The quantitative estimate of drug-likeness (QED) is 0.919. The van der Waals surface area contributed by atoms with Crippen LogP contribution >= 0.6 is 11.6 Å². The SMILES string of the molecule is Cc1cc(Cl)c(CN2CCCC(CCN)C2)cc1F. The van der Waals surface area contributed by atoms with Gasteiger partial charge in [-0.2, -0.15) is 0 Å². The zero-order chi connectivity index (χ0) is 13.8. The molecule has 0 bridgehead atoms. The molecule has 1 aliphatic heterocycles. The Morgan fingerprint density at radius 3 is 3.00 bits per heavy atom. The van der Waals surface area contributed by atoms with Gasteiger partial charge in [0.1, 0.15) is 5.82 Å². The van der Waals surface area contributed by atoms with E-state index in [1.165, 1.54) is 12.8 Å². The van der Waals surface area contributed by atoms with Gasteiger partial charge in [-0.1, -0.05) is 11.6 Å². The first kappa shape index (κ1) is 14.8. The number of rotatable bonds is 4. The van der Waals surface area contributed by atoms with Crippen molar-refractivity contribution in [2.24, 2.45) is 11.7 Å². The van der Waals surface area contributed by atoms with Gasteiger partial charge in [-0.25, -0.2) is 4.39 Å². The van der Waals surface area contributed by atoms with Crippen molar-refractivity contribution < 1.29 is 4.39 Å². The maximum absolute atomic E-state index is 13.6. The second-order valence-electron chi connectivity index (χ2n) is 5.51. The van der Waals surface area contributed by atoms with Crippen LogP contribution in [-0.4, -0.2) is 24.5 Å². The monoisotopic (exact) mass is 284 g/mol. The summed E-state index contributed by atoms with van der Waals surface area (Å²) in [5, 5.41) is 0.667. The molecule has 0 aromatic heterocycles. The van der Waals surface area contributed by atoms with Gasteiger partial charge < -0.3 is 5.73 Å². The number of benzene rings is 1. The fourth-order valence-corrected chi connectivity index (χ4v) is 3.09. The molecule has 0 amide bonds. The molecule has 0 radical (unpaired) electrons. The van der Waals surface area contributed by atoms with Crippen LogP contribution in [0.4, 0.5) is 4.39 Å². The molecule has 1 saturated heterocycles. The number of likely N-dealkylation sites (tertiary alicyclic amines) is 1. The Morgan fingerprint density at radius 2 is 2.26 bits per heavy atom. The zero-order valence-electron chi connectivity index (χ0n) is 11.5. The second kappa shape index (κ2) is 6.69. The molecule has 1 aromatic rings. The van der Waals surface area contributed by atoms with Gasteiger partial charge in [0, 0.05) is 18.1 Å². The lowest BCUT2D eigenvalue weighted by atomic mass is 9.94. The summed E-state index contributed by atoms with van der Waals surface area (Å²) in [4.78, 5) is 2.36. The van der Waals surface area contributed by atoms with Crippen molar-refractivity contribution in [2.75, 3.05) is 19.6 Å². The van der Waals surface area contributed by atoms with Crippen molar-refractivity contribution in [2.45, 2.75) is 32.7 Å². The molecule has 2 rings (SSSR count). The molecule has 0 spiro atoms. The van der Waals surface area contributed by atoms with Crippen molar-refractivity contribution in [3.63, 3.8) is 0 Å². The van der Waals surface area contributed by atoms with Crippen molar-refractivity contribution in [1.82, 2.24) is 4.90 Å². The molecule has 1 heterocycles. The van der Waals surface area contributed by atoms with E-state index in [2.05, 4.69) is 4.90 Å². The van der Waals surface area contributed by atoms with Gasteiger partial charge in [-0.15, -0.1) is 0 Å². The molecule has 19 heavy (non-hydrogen) atoms. The van der Waals surface area contributed by atoms with Crippen LogP contribution in [0, 0.1) is 18.7 Å². The van der Waals surface area contributed by atoms with E-state index >= 15 is 0 Å². The Bertz CT molecular complexity index is 434. The highest BCUT2D eigenvalue weighted by atomic mass is 35.5. The Morgan fingerprint density at radius 1 is 1.47 bits per heavy atom. The minimum Gasteiger partial charge on any atom is -0.330 e. The van der Waals surface area contributed by atoms with E-state index in [-0.39, 0.29) is 5.82 Å². The number of hydrogen-bond donors (Lipinski definition) is 1. The average Bonchev–Trinajstić information content (AvgIpc) is 2.37. The van der Waals surface area contributed by atoms with Crippen LogP contribution in [-0.2, 0) is 6.54 Å². The maximum atomic E-state index is 13.6. The van der Waals surface area contributed by atoms with Crippen molar-refractivity contribution >= 4 is 11.6 Å². The van der Waals surface area contributed by atoms with Crippen LogP contribution < -0.4 is 5.73 Å². The van der Waals surface area contributed by atoms with Gasteiger partial charge in [0.15, 0.2) is 0 Å². The van der Waals surface area contributed by atoms with Crippen LogP contribution in [0.2, 0.25) is 5.02 Å². The molecule has 1 atom stereocenters. The van der Waals surface area contributed by atoms with Crippen LogP contribution in [0.15, 0.2) is 12.1 Å². The van der Waals surface area contributed by atoms with Gasteiger partial charge in [0.05, 0.1) is 0 Å². The molecule has 4 heteroatoms. The third-order valence-electron chi connectivity index (χ3n) is 3.90.